The topological polar surface area (TPSA) is 26.0 Å². The van der Waals surface area contributed by atoms with Crippen LogP contribution in [0.2, 0.25) is 0 Å². The predicted octanol–water partition coefficient (Wildman–Crippen LogP) is 3.92. The summed E-state index contributed by atoms with van der Waals surface area (Å²) in [6.07, 6.45) is 5.36. The molecule has 0 amide bonds. The van der Waals surface area contributed by atoms with Crippen LogP contribution in [-0.4, -0.2) is 0 Å². The van der Waals surface area contributed by atoms with Crippen LogP contribution < -0.4 is 5.73 Å². The van der Waals surface area contributed by atoms with E-state index < -0.39 is 0 Å². The van der Waals surface area contributed by atoms with Gasteiger partial charge in [0, 0.05) is 6.04 Å². The molecule has 0 bridgehead atoms. The Labute approximate surface area is 105 Å². The first-order valence-corrected chi connectivity index (χ1v) is 6.02. The van der Waals surface area contributed by atoms with Crippen molar-refractivity contribution in [3.8, 4) is 0 Å². The maximum Gasteiger partial charge on any atom is 0.0328 e. The van der Waals surface area contributed by atoms with Crippen LogP contribution in [0.15, 0.2) is 18.2 Å². The zero-order chi connectivity index (χ0) is 10.8. The second-order valence-corrected chi connectivity index (χ2v) is 4.88. The quantitative estimate of drug-likeness (QED) is 0.832. The molecule has 1 aliphatic rings. The third kappa shape index (κ3) is 2.58. The van der Waals surface area contributed by atoms with Crippen LogP contribution in [0, 0.1) is 19.8 Å². The minimum Gasteiger partial charge on any atom is -0.324 e. The number of hydrogen-bond donors (Lipinski definition) is 1. The van der Waals surface area contributed by atoms with Gasteiger partial charge in [0.25, 0.3) is 0 Å². The Balaban J connectivity index is 0.00000128. The summed E-state index contributed by atoms with van der Waals surface area (Å²) in [5.41, 5.74) is 10.5. The lowest BCUT2D eigenvalue weighted by molar-refractivity contribution is 0.442. The van der Waals surface area contributed by atoms with Crippen LogP contribution in [0.1, 0.15) is 48.4 Å². The van der Waals surface area contributed by atoms with Crippen molar-refractivity contribution in [2.45, 2.75) is 45.6 Å². The summed E-state index contributed by atoms with van der Waals surface area (Å²) in [6, 6.07) is 6.73. The van der Waals surface area contributed by atoms with Gasteiger partial charge < -0.3 is 5.73 Å². The zero-order valence-electron chi connectivity index (χ0n) is 10.2. The molecule has 2 heteroatoms. The second kappa shape index (κ2) is 5.70. The zero-order valence-corrected chi connectivity index (χ0v) is 11.0. The smallest absolute Gasteiger partial charge is 0.0328 e. The normalized spacial score (nSPS) is 18.2. The molecule has 1 fully saturated rings. The minimum atomic E-state index is 0. The van der Waals surface area contributed by atoms with Gasteiger partial charge in [-0.25, -0.2) is 0 Å². The molecule has 90 valence electrons. The number of nitrogens with two attached hydrogens (primary N) is 1. The molecule has 2 N–H and O–H groups in total. The predicted molar refractivity (Wildman–Crippen MR) is 72.1 cm³/mol. The second-order valence-electron chi connectivity index (χ2n) is 4.88. The number of hydrogen-bond acceptors (Lipinski definition) is 1. The molecular formula is C14H22ClN. The molecule has 0 unspecified atom stereocenters. The Morgan fingerprint density at radius 1 is 1.12 bits per heavy atom. The molecule has 0 saturated heterocycles. The molecule has 1 atom stereocenters. The van der Waals surface area contributed by atoms with E-state index in [0.29, 0.717) is 5.92 Å². The van der Waals surface area contributed by atoms with Crippen LogP contribution >= 0.6 is 12.4 Å². The first-order chi connectivity index (χ1) is 7.20. The summed E-state index contributed by atoms with van der Waals surface area (Å²) in [5.74, 6) is 0.713. The molecule has 0 radical (unpaired) electrons. The Hall–Kier alpha value is -0.530. The molecule has 0 heterocycles. The molecule has 0 aliphatic heterocycles. The highest BCUT2D eigenvalue weighted by atomic mass is 35.5. The third-order valence-corrected chi connectivity index (χ3v) is 3.78. The minimum absolute atomic E-state index is 0. The van der Waals surface area contributed by atoms with Gasteiger partial charge in [0.1, 0.15) is 0 Å². The van der Waals surface area contributed by atoms with E-state index in [9.17, 15) is 0 Å². The first kappa shape index (κ1) is 13.5. The van der Waals surface area contributed by atoms with Crippen molar-refractivity contribution in [1.29, 1.82) is 0 Å². The fourth-order valence-electron chi connectivity index (χ4n) is 2.91. The number of aryl methyl sites for hydroxylation is 2. The molecule has 1 aromatic rings. The van der Waals surface area contributed by atoms with Gasteiger partial charge in [-0.1, -0.05) is 31.0 Å². The number of halogens is 1. The monoisotopic (exact) mass is 239 g/mol. The van der Waals surface area contributed by atoms with Gasteiger partial charge in [-0.05, 0) is 49.3 Å². The third-order valence-electron chi connectivity index (χ3n) is 3.78. The lowest BCUT2D eigenvalue weighted by Crippen LogP contribution is -2.21. The van der Waals surface area contributed by atoms with E-state index >= 15 is 0 Å². The molecule has 0 aromatic heterocycles. The van der Waals surface area contributed by atoms with Crippen LogP contribution in [0.3, 0.4) is 0 Å². The number of benzene rings is 1. The van der Waals surface area contributed by atoms with Crippen molar-refractivity contribution in [2.75, 3.05) is 0 Å². The van der Waals surface area contributed by atoms with Gasteiger partial charge in [-0.3, -0.25) is 0 Å². The summed E-state index contributed by atoms with van der Waals surface area (Å²) in [4.78, 5) is 0. The molecule has 1 saturated carbocycles. The van der Waals surface area contributed by atoms with Crippen molar-refractivity contribution in [1.82, 2.24) is 0 Å². The van der Waals surface area contributed by atoms with Gasteiger partial charge >= 0.3 is 0 Å². The summed E-state index contributed by atoms with van der Waals surface area (Å²) in [5, 5.41) is 0. The van der Waals surface area contributed by atoms with E-state index in [4.69, 9.17) is 5.73 Å². The highest BCUT2D eigenvalue weighted by molar-refractivity contribution is 5.85. The Morgan fingerprint density at radius 3 is 2.12 bits per heavy atom. The van der Waals surface area contributed by atoms with Crippen molar-refractivity contribution >= 4 is 12.4 Å². The highest BCUT2D eigenvalue weighted by Gasteiger charge is 2.24. The van der Waals surface area contributed by atoms with Gasteiger partial charge in [0.15, 0.2) is 0 Å². The van der Waals surface area contributed by atoms with E-state index in [1.807, 2.05) is 0 Å². The van der Waals surface area contributed by atoms with Gasteiger partial charge in [0.05, 0.1) is 0 Å². The fourth-order valence-corrected chi connectivity index (χ4v) is 2.91. The SMILES string of the molecule is Cc1cccc(C)c1[C@H](N)C1CCCC1.Cl. The van der Waals surface area contributed by atoms with Crippen molar-refractivity contribution in [2.24, 2.45) is 11.7 Å². The molecule has 0 spiro atoms. The standard InChI is InChI=1S/C14H21N.ClH/c1-10-6-5-7-11(2)13(10)14(15)12-8-3-4-9-12;/h5-7,12,14H,3-4,8-9,15H2,1-2H3;1H/t14-;/m1./s1. The summed E-state index contributed by atoms with van der Waals surface area (Å²) < 4.78 is 0. The van der Waals surface area contributed by atoms with Crippen molar-refractivity contribution in [3.63, 3.8) is 0 Å². The van der Waals surface area contributed by atoms with E-state index in [1.165, 1.54) is 42.4 Å². The molecule has 2 rings (SSSR count). The fraction of sp³-hybridized carbons (Fsp3) is 0.571. The lowest BCUT2D eigenvalue weighted by atomic mass is 9.87. The molecular weight excluding hydrogens is 218 g/mol. The van der Waals surface area contributed by atoms with Crippen molar-refractivity contribution in [3.05, 3.63) is 34.9 Å². The summed E-state index contributed by atoms with van der Waals surface area (Å²) >= 11 is 0. The van der Waals surface area contributed by atoms with Crippen LogP contribution in [-0.2, 0) is 0 Å². The Kier molecular flexibility index (Phi) is 4.82. The summed E-state index contributed by atoms with van der Waals surface area (Å²) in [6.45, 7) is 4.36. The lowest BCUT2D eigenvalue weighted by Gasteiger charge is -2.23. The highest BCUT2D eigenvalue weighted by Crippen LogP contribution is 2.36. The van der Waals surface area contributed by atoms with Crippen LogP contribution in [0.4, 0.5) is 0 Å². The molecule has 16 heavy (non-hydrogen) atoms. The number of rotatable bonds is 2. The largest absolute Gasteiger partial charge is 0.324 e. The first-order valence-electron chi connectivity index (χ1n) is 6.02. The molecule has 1 nitrogen and oxygen atoms in total. The average Bonchev–Trinajstić information content (AvgIpc) is 2.69. The van der Waals surface area contributed by atoms with Crippen molar-refractivity contribution < 1.29 is 0 Å². The Morgan fingerprint density at radius 2 is 1.62 bits per heavy atom. The van der Waals surface area contributed by atoms with E-state index in [-0.39, 0.29) is 18.4 Å². The van der Waals surface area contributed by atoms with Gasteiger partial charge in [-0.15, -0.1) is 12.4 Å². The van der Waals surface area contributed by atoms with E-state index in [2.05, 4.69) is 32.0 Å². The maximum absolute atomic E-state index is 6.40. The molecule has 1 aliphatic carbocycles. The maximum atomic E-state index is 6.40. The van der Waals surface area contributed by atoms with Crippen LogP contribution in [0.5, 0.6) is 0 Å². The van der Waals surface area contributed by atoms with Gasteiger partial charge in [-0.2, -0.15) is 0 Å². The Bertz CT molecular complexity index is 322. The molecule has 1 aromatic carbocycles. The van der Waals surface area contributed by atoms with E-state index in [0.717, 1.165) is 0 Å². The van der Waals surface area contributed by atoms with Crippen LogP contribution in [0.25, 0.3) is 0 Å². The average molecular weight is 240 g/mol. The van der Waals surface area contributed by atoms with E-state index in [1.54, 1.807) is 0 Å². The summed E-state index contributed by atoms with van der Waals surface area (Å²) in [7, 11) is 0. The van der Waals surface area contributed by atoms with Gasteiger partial charge in [0.2, 0.25) is 0 Å².